The summed E-state index contributed by atoms with van der Waals surface area (Å²) in [4.78, 5) is 13.2. The minimum absolute atomic E-state index is 0.0805. The number of phenolic OH excluding ortho intramolecular Hbond substituents is 1. The Labute approximate surface area is 175 Å². The lowest BCUT2D eigenvalue weighted by Gasteiger charge is -2.34. The van der Waals surface area contributed by atoms with Crippen molar-refractivity contribution in [2.24, 2.45) is 5.41 Å². The van der Waals surface area contributed by atoms with Crippen LogP contribution in [-0.4, -0.2) is 10.9 Å². The maximum absolute atomic E-state index is 13.2. The lowest BCUT2D eigenvalue weighted by molar-refractivity contribution is -0.118. The van der Waals surface area contributed by atoms with E-state index in [-0.39, 0.29) is 23.0 Å². The molecule has 1 atom stereocenters. The molecule has 4 nitrogen and oxygen atoms in total. The third-order valence-corrected chi connectivity index (χ3v) is 6.30. The van der Waals surface area contributed by atoms with Crippen LogP contribution < -0.4 is 10.6 Å². The second kappa shape index (κ2) is 6.67. The van der Waals surface area contributed by atoms with Crippen LogP contribution in [0.4, 0.5) is 11.4 Å². The predicted octanol–water partition coefficient (Wildman–Crippen LogP) is 6.14. The lowest BCUT2D eigenvalue weighted by atomic mass is 9.73. The van der Waals surface area contributed by atoms with Gasteiger partial charge in [-0.05, 0) is 73.5 Å². The summed E-state index contributed by atoms with van der Waals surface area (Å²) in [6.45, 7) is 4.26. The van der Waals surface area contributed by atoms with Gasteiger partial charge in [-0.2, -0.15) is 0 Å². The molecule has 2 aliphatic rings. The Kier molecular flexibility index (Phi) is 4.59. The van der Waals surface area contributed by atoms with E-state index < -0.39 is 0 Å². The number of hydrogen-bond acceptors (Lipinski definition) is 4. The molecule has 2 aromatic rings. The Morgan fingerprint density at radius 3 is 2.37 bits per heavy atom. The first-order valence-electron chi connectivity index (χ1n) is 8.82. The van der Waals surface area contributed by atoms with Gasteiger partial charge in [0.1, 0.15) is 5.75 Å². The molecule has 27 heavy (non-hydrogen) atoms. The van der Waals surface area contributed by atoms with Crippen molar-refractivity contribution in [3.05, 3.63) is 62.2 Å². The largest absolute Gasteiger partial charge is 0.506 e. The molecule has 0 spiro atoms. The zero-order valence-corrected chi connectivity index (χ0v) is 18.2. The molecule has 1 aliphatic carbocycles. The zero-order chi connectivity index (χ0) is 19.3. The van der Waals surface area contributed by atoms with E-state index >= 15 is 0 Å². The molecule has 4 rings (SSSR count). The number of phenols is 1. The highest BCUT2D eigenvalue weighted by Gasteiger charge is 2.38. The van der Waals surface area contributed by atoms with Gasteiger partial charge in [0.2, 0.25) is 0 Å². The predicted molar refractivity (Wildman–Crippen MR) is 115 cm³/mol. The highest BCUT2D eigenvalue weighted by atomic mass is 79.9. The Morgan fingerprint density at radius 2 is 1.70 bits per heavy atom. The Bertz CT molecular complexity index is 959. The summed E-state index contributed by atoms with van der Waals surface area (Å²) >= 11 is 6.82. The summed E-state index contributed by atoms with van der Waals surface area (Å²) < 4.78 is 1.18. The van der Waals surface area contributed by atoms with E-state index in [0.717, 1.165) is 34.6 Å². The zero-order valence-electron chi connectivity index (χ0n) is 15.1. The molecule has 0 aromatic heterocycles. The van der Waals surface area contributed by atoms with E-state index in [0.29, 0.717) is 15.4 Å². The van der Waals surface area contributed by atoms with Crippen LogP contribution in [0.15, 0.2) is 56.6 Å². The summed E-state index contributed by atoms with van der Waals surface area (Å²) in [5.74, 6) is 0.301. The molecule has 0 saturated heterocycles. The van der Waals surface area contributed by atoms with E-state index in [1.54, 1.807) is 0 Å². The number of anilines is 2. The maximum Gasteiger partial charge on any atom is 0.163 e. The summed E-state index contributed by atoms with van der Waals surface area (Å²) in [6, 6.07) is 11.4. The monoisotopic (exact) mass is 490 g/mol. The molecule has 140 valence electrons. The number of para-hydroxylation sites is 2. The normalized spacial score (nSPS) is 20.9. The SMILES string of the molecule is CC1(C)CC(=O)C2=C(C1)Nc1ccccc1NC2c1cc(Br)c(O)c(Br)c1. The Balaban J connectivity index is 1.92. The molecule has 0 radical (unpaired) electrons. The molecule has 6 heteroatoms. The van der Waals surface area contributed by atoms with Crippen molar-refractivity contribution in [2.45, 2.75) is 32.7 Å². The molecule has 1 aliphatic heterocycles. The standard InChI is InChI=1S/C21H20Br2N2O2/c1-21(2)9-16-18(17(26)10-21)19(11-7-12(22)20(27)13(23)8-11)25-15-6-4-3-5-14(15)24-16/h3-8,19,24-25,27H,9-10H2,1-2H3. The van der Waals surface area contributed by atoms with E-state index in [2.05, 4.69) is 56.3 Å². The summed E-state index contributed by atoms with van der Waals surface area (Å²) in [6.07, 6.45) is 1.32. The average Bonchev–Trinajstić information content (AvgIpc) is 2.74. The van der Waals surface area contributed by atoms with Gasteiger partial charge in [0.15, 0.2) is 5.78 Å². The van der Waals surface area contributed by atoms with Crippen molar-refractivity contribution in [1.29, 1.82) is 0 Å². The quantitative estimate of drug-likeness (QED) is 0.448. The number of benzene rings is 2. The van der Waals surface area contributed by atoms with Gasteiger partial charge in [-0.1, -0.05) is 26.0 Å². The lowest BCUT2D eigenvalue weighted by Crippen LogP contribution is -2.31. The van der Waals surface area contributed by atoms with Crippen molar-refractivity contribution in [3.8, 4) is 5.75 Å². The summed E-state index contributed by atoms with van der Waals surface area (Å²) in [5, 5.41) is 17.1. The second-order valence-corrected chi connectivity index (χ2v) is 9.62. The molecule has 0 fully saturated rings. The van der Waals surface area contributed by atoms with E-state index in [1.807, 2.05) is 36.4 Å². The molecule has 1 heterocycles. The number of carbonyl (C=O) groups is 1. The smallest absolute Gasteiger partial charge is 0.163 e. The molecular formula is C21H20Br2N2O2. The fourth-order valence-corrected chi connectivity index (χ4v) is 5.11. The Morgan fingerprint density at radius 1 is 1.07 bits per heavy atom. The maximum atomic E-state index is 13.2. The third-order valence-electron chi connectivity index (χ3n) is 5.09. The van der Waals surface area contributed by atoms with Crippen LogP contribution in [0, 0.1) is 5.41 Å². The molecular weight excluding hydrogens is 472 g/mol. The van der Waals surface area contributed by atoms with Gasteiger partial charge in [-0.15, -0.1) is 0 Å². The van der Waals surface area contributed by atoms with Gasteiger partial charge in [0, 0.05) is 17.7 Å². The van der Waals surface area contributed by atoms with Crippen LogP contribution in [0.1, 0.15) is 38.3 Å². The number of hydrogen-bond donors (Lipinski definition) is 3. The van der Waals surface area contributed by atoms with Crippen LogP contribution >= 0.6 is 31.9 Å². The number of fused-ring (bicyclic) bond motifs is 1. The fraction of sp³-hybridized carbons (Fsp3) is 0.286. The first-order valence-corrected chi connectivity index (χ1v) is 10.4. The number of aromatic hydroxyl groups is 1. The number of nitrogens with one attached hydrogen (secondary N) is 2. The molecule has 1 unspecified atom stereocenters. The van der Waals surface area contributed by atoms with Crippen LogP contribution in [0.3, 0.4) is 0 Å². The fourth-order valence-electron chi connectivity index (χ4n) is 3.89. The second-order valence-electron chi connectivity index (χ2n) is 7.91. The molecule has 3 N–H and O–H groups in total. The number of halogens is 2. The third kappa shape index (κ3) is 3.41. The first kappa shape index (κ1) is 18.6. The van der Waals surface area contributed by atoms with Crippen molar-refractivity contribution in [1.82, 2.24) is 0 Å². The minimum Gasteiger partial charge on any atom is -0.506 e. The van der Waals surface area contributed by atoms with Crippen molar-refractivity contribution < 1.29 is 9.90 Å². The number of Topliss-reactive ketones (excluding diaryl/α,β-unsaturated/α-hetero) is 1. The first-order chi connectivity index (χ1) is 12.7. The van der Waals surface area contributed by atoms with Gasteiger partial charge in [-0.3, -0.25) is 4.79 Å². The highest BCUT2D eigenvalue weighted by Crippen LogP contribution is 2.46. The highest BCUT2D eigenvalue weighted by molar-refractivity contribution is 9.11. The number of carbonyl (C=O) groups excluding carboxylic acids is 1. The van der Waals surface area contributed by atoms with Crippen molar-refractivity contribution in [2.75, 3.05) is 10.6 Å². The van der Waals surface area contributed by atoms with E-state index in [4.69, 9.17) is 0 Å². The molecule has 0 bridgehead atoms. The van der Waals surface area contributed by atoms with E-state index in [1.165, 1.54) is 0 Å². The average molecular weight is 492 g/mol. The molecule has 0 amide bonds. The Hall–Kier alpha value is -1.79. The van der Waals surface area contributed by atoms with Gasteiger partial charge in [0.05, 0.1) is 26.4 Å². The van der Waals surface area contributed by atoms with Crippen LogP contribution in [-0.2, 0) is 4.79 Å². The van der Waals surface area contributed by atoms with Crippen LogP contribution in [0.25, 0.3) is 0 Å². The molecule has 2 aromatic carbocycles. The van der Waals surface area contributed by atoms with Crippen LogP contribution in [0.5, 0.6) is 5.75 Å². The van der Waals surface area contributed by atoms with Gasteiger partial charge < -0.3 is 15.7 Å². The van der Waals surface area contributed by atoms with Gasteiger partial charge in [0.25, 0.3) is 0 Å². The minimum atomic E-state index is -0.298. The van der Waals surface area contributed by atoms with E-state index in [9.17, 15) is 9.90 Å². The topological polar surface area (TPSA) is 61.4 Å². The van der Waals surface area contributed by atoms with Gasteiger partial charge >= 0.3 is 0 Å². The summed E-state index contributed by atoms with van der Waals surface area (Å²) in [7, 11) is 0. The number of rotatable bonds is 1. The number of ketones is 1. The van der Waals surface area contributed by atoms with Crippen molar-refractivity contribution >= 4 is 49.0 Å². The number of allylic oxidation sites excluding steroid dienone is 1. The van der Waals surface area contributed by atoms with Crippen LogP contribution in [0.2, 0.25) is 0 Å². The summed E-state index contributed by atoms with van der Waals surface area (Å²) in [5.41, 5.74) is 4.49. The van der Waals surface area contributed by atoms with Gasteiger partial charge in [-0.25, -0.2) is 0 Å². The molecule has 0 saturated carbocycles. The van der Waals surface area contributed by atoms with Crippen molar-refractivity contribution in [3.63, 3.8) is 0 Å².